The minimum Gasteiger partial charge on any atom is -0.286 e. The Bertz CT molecular complexity index is 296. The minimum absolute atomic E-state index is 0.386. The Hall–Kier alpha value is -1.45. The van der Waals surface area contributed by atoms with E-state index in [1.807, 2.05) is 0 Å². The van der Waals surface area contributed by atoms with E-state index in [1.165, 1.54) is 0 Å². The van der Waals surface area contributed by atoms with Crippen LogP contribution in [0.3, 0.4) is 0 Å². The molecule has 0 saturated carbocycles. The van der Waals surface area contributed by atoms with E-state index in [0.29, 0.717) is 12.3 Å². The Balaban J connectivity index is 2.52. The summed E-state index contributed by atoms with van der Waals surface area (Å²) in [5.41, 5.74) is 1.98. The standard InChI is InChI=1S/C6H6N4/c7-6-1-5-4(2-8-6)3-9-10-5/h2-3,7H,1H2,(H,9,10). The maximum absolute atomic E-state index is 7.21. The van der Waals surface area contributed by atoms with Crippen LogP contribution in [-0.2, 0) is 6.42 Å². The van der Waals surface area contributed by atoms with E-state index in [1.54, 1.807) is 12.4 Å². The molecule has 2 N–H and O–H groups in total. The first kappa shape index (κ1) is 5.34. The van der Waals surface area contributed by atoms with Crippen LogP contribution in [0.25, 0.3) is 0 Å². The van der Waals surface area contributed by atoms with Gasteiger partial charge in [0, 0.05) is 18.2 Å². The minimum atomic E-state index is 0.386. The van der Waals surface area contributed by atoms with Crippen LogP contribution in [0.4, 0.5) is 0 Å². The number of H-pyrrole nitrogens is 1. The van der Waals surface area contributed by atoms with Crippen LogP contribution in [0.2, 0.25) is 0 Å². The topological polar surface area (TPSA) is 64.9 Å². The Morgan fingerprint density at radius 3 is 3.40 bits per heavy atom. The lowest BCUT2D eigenvalue weighted by Crippen LogP contribution is -2.06. The average Bonchev–Trinajstić information content (AvgIpc) is 2.33. The van der Waals surface area contributed by atoms with Gasteiger partial charge >= 0.3 is 0 Å². The lowest BCUT2D eigenvalue weighted by atomic mass is 10.1. The first-order valence-electron chi connectivity index (χ1n) is 3.00. The van der Waals surface area contributed by atoms with E-state index in [4.69, 9.17) is 5.41 Å². The van der Waals surface area contributed by atoms with Crippen molar-refractivity contribution < 1.29 is 0 Å². The lowest BCUT2D eigenvalue weighted by molar-refractivity contribution is 1.01. The zero-order valence-corrected chi connectivity index (χ0v) is 5.26. The van der Waals surface area contributed by atoms with Gasteiger partial charge in [-0.15, -0.1) is 0 Å². The van der Waals surface area contributed by atoms with E-state index in [9.17, 15) is 0 Å². The molecule has 0 radical (unpaired) electrons. The number of nitrogens with zero attached hydrogens (tertiary/aromatic N) is 2. The molecule has 50 valence electrons. The van der Waals surface area contributed by atoms with Gasteiger partial charge in [0.1, 0.15) is 5.84 Å². The van der Waals surface area contributed by atoms with Gasteiger partial charge in [-0.3, -0.25) is 10.5 Å². The molecule has 10 heavy (non-hydrogen) atoms. The van der Waals surface area contributed by atoms with Gasteiger partial charge in [0.15, 0.2) is 0 Å². The second-order valence-electron chi connectivity index (χ2n) is 2.19. The maximum Gasteiger partial charge on any atom is 0.126 e. The molecular weight excluding hydrogens is 128 g/mol. The highest BCUT2D eigenvalue weighted by molar-refractivity contribution is 5.98. The van der Waals surface area contributed by atoms with Crippen molar-refractivity contribution in [3.05, 3.63) is 17.5 Å². The normalized spacial score (nSPS) is 15.4. The summed E-state index contributed by atoms with van der Waals surface area (Å²) >= 11 is 0. The highest BCUT2D eigenvalue weighted by atomic mass is 15.1. The molecule has 0 atom stereocenters. The predicted octanol–water partition coefficient (Wildman–Crippen LogP) is 0.362. The van der Waals surface area contributed by atoms with Crippen LogP contribution < -0.4 is 0 Å². The number of rotatable bonds is 0. The number of aromatic nitrogens is 2. The van der Waals surface area contributed by atoms with Crippen LogP contribution in [0, 0.1) is 5.41 Å². The smallest absolute Gasteiger partial charge is 0.126 e. The molecule has 0 fully saturated rings. The number of fused-ring (bicyclic) bond motifs is 1. The van der Waals surface area contributed by atoms with E-state index in [0.717, 1.165) is 11.3 Å². The second-order valence-corrected chi connectivity index (χ2v) is 2.19. The molecule has 0 aliphatic carbocycles. The quantitative estimate of drug-likeness (QED) is 0.528. The molecule has 1 aliphatic heterocycles. The zero-order valence-electron chi connectivity index (χ0n) is 5.26. The molecular formula is C6H6N4. The van der Waals surface area contributed by atoms with Gasteiger partial charge in [-0.1, -0.05) is 0 Å². The van der Waals surface area contributed by atoms with Crippen LogP contribution in [-0.4, -0.2) is 22.2 Å². The Morgan fingerprint density at radius 2 is 2.50 bits per heavy atom. The van der Waals surface area contributed by atoms with Crippen molar-refractivity contribution in [1.29, 1.82) is 5.41 Å². The van der Waals surface area contributed by atoms with Crippen LogP contribution >= 0.6 is 0 Å². The van der Waals surface area contributed by atoms with Gasteiger partial charge in [-0.25, -0.2) is 4.99 Å². The number of aliphatic imine (C=N–C) groups is 1. The summed E-state index contributed by atoms with van der Waals surface area (Å²) in [7, 11) is 0. The number of amidine groups is 1. The molecule has 1 aliphatic rings. The van der Waals surface area contributed by atoms with Crippen molar-refractivity contribution in [3.8, 4) is 0 Å². The molecule has 2 heterocycles. The summed E-state index contributed by atoms with van der Waals surface area (Å²) in [6.45, 7) is 0. The lowest BCUT2D eigenvalue weighted by Gasteiger charge is -2.01. The summed E-state index contributed by atoms with van der Waals surface area (Å²) in [5, 5.41) is 13.8. The van der Waals surface area contributed by atoms with Crippen molar-refractivity contribution in [3.63, 3.8) is 0 Å². The fraction of sp³-hybridized carbons (Fsp3) is 0.167. The number of aromatic amines is 1. The third-order valence-corrected chi connectivity index (χ3v) is 1.46. The van der Waals surface area contributed by atoms with Gasteiger partial charge in [-0.2, -0.15) is 5.10 Å². The van der Waals surface area contributed by atoms with Gasteiger partial charge in [0.2, 0.25) is 0 Å². The van der Waals surface area contributed by atoms with Crippen molar-refractivity contribution in [2.45, 2.75) is 6.42 Å². The molecule has 0 aromatic carbocycles. The molecule has 1 aromatic heterocycles. The van der Waals surface area contributed by atoms with Gasteiger partial charge in [-0.05, 0) is 0 Å². The molecule has 4 heteroatoms. The third-order valence-electron chi connectivity index (χ3n) is 1.46. The maximum atomic E-state index is 7.21. The van der Waals surface area contributed by atoms with Crippen molar-refractivity contribution >= 4 is 12.1 Å². The molecule has 0 unspecified atom stereocenters. The molecule has 0 bridgehead atoms. The summed E-state index contributed by atoms with van der Waals surface area (Å²) in [4.78, 5) is 3.84. The van der Waals surface area contributed by atoms with Crippen molar-refractivity contribution in [2.24, 2.45) is 4.99 Å². The molecule has 0 spiro atoms. The molecule has 4 nitrogen and oxygen atoms in total. The monoisotopic (exact) mass is 134 g/mol. The first-order chi connectivity index (χ1) is 4.86. The zero-order chi connectivity index (χ0) is 6.97. The fourth-order valence-corrected chi connectivity index (χ4v) is 0.936. The van der Waals surface area contributed by atoms with E-state index in [2.05, 4.69) is 15.2 Å². The number of nitrogens with one attached hydrogen (secondary N) is 2. The van der Waals surface area contributed by atoms with Crippen molar-refractivity contribution in [2.75, 3.05) is 0 Å². The molecule has 1 aromatic rings. The van der Waals surface area contributed by atoms with Gasteiger partial charge in [0.05, 0.1) is 11.9 Å². The molecule has 0 amide bonds. The van der Waals surface area contributed by atoms with Crippen molar-refractivity contribution in [1.82, 2.24) is 10.2 Å². The average molecular weight is 134 g/mol. The van der Waals surface area contributed by atoms with Crippen LogP contribution in [0.5, 0.6) is 0 Å². The SMILES string of the molecule is N=C1Cc2[nH]ncc2C=N1. The summed E-state index contributed by atoms with van der Waals surface area (Å²) in [6, 6.07) is 0. The van der Waals surface area contributed by atoms with Gasteiger partial charge < -0.3 is 0 Å². The number of hydrogen-bond donors (Lipinski definition) is 2. The number of hydrogen-bond acceptors (Lipinski definition) is 2. The third kappa shape index (κ3) is 0.655. The molecule has 2 rings (SSSR count). The highest BCUT2D eigenvalue weighted by Gasteiger charge is 2.09. The van der Waals surface area contributed by atoms with Crippen LogP contribution in [0.15, 0.2) is 11.2 Å². The second kappa shape index (κ2) is 1.76. The largest absolute Gasteiger partial charge is 0.286 e. The Morgan fingerprint density at radius 1 is 1.60 bits per heavy atom. The van der Waals surface area contributed by atoms with E-state index in [-0.39, 0.29) is 0 Å². The Labute approximate surface area is 57.5 Å². The van der Waals surface area contributed by atoms with E-state index < -0.39 is 0 Å². The fourth-order valence-electron chi connectivity index (χ4n) is 0.936. The highest BCUT2D eigenvalue weighted by Crippen LogP contribution is 2.07. The molecule has 0 saturated heterocycles. The van der Waals surface area contributed by atoms with E-state index >= 15 is 0 Å². The summed E-state index contributed by atoms with van der Waals surface area (Å²) in [5.74, 6) is 0.386. The Kier molecular flexibility index (Phi) is 0.943. The van der Waals surface area contributed by atoms with Crippen LogP contribution in [0.1, 0.15) is 11.3 Å². The van der Waals surface area contributed by atoms with Gasteiger partial charge in [0.25, 0.3) is 0 Å². The first-order valence-corrected chi connectivity index (χ1v) is 3.00. The summed E-state index contributed by atoms with van der Waals surface area (Å²) < 4.78 is 0. The summed E-state index contributed by atoms with van der Waals surface area (Å²) in [6.07, 6.45) is 3.95. The predicted molar refractivity (Wildman–Crippen MR) is 37.6 cm³/mol.